The minimum absolute atomic E-state index is 0.108. The Balaban J connectivity index is 1.66. The van der Waals surface area contributed by atoms with Crippen molar-refractivity contribution in [3.63, 3.8) is 0 Å². The molecule has 1 atom stereocenters. The van der Waals surface area contributed by atoms with Gasteiger partial charge >= 0.3 is 0 Å². The first-order valence-corrected chi connectivity index (χ1v) is 9.55. The smallest absolute Gasteiger partial charge is 0.251 e. The minimum atomic E-state index is -0.108. The molecule has 0 spiro atoms. The zero-order valence-corrected chi connectivity index (χ0v) is 16.9. The van der Waals surface area contributed by atoms with Gasteiger partial charge in [0.15, 0.2) is 5.96 Å². The van der Waals surface area contributed by atoms with Crippen LogP contribution in [0.3, 0.4) is 0 Å². The summed E-state index contributed by atoms with van der Waals surface area (Å²) in [4.78, 5) is 16.4. The summed E-state index contributed by atoms with van der Waals surface area (Å²) in [5.74, 6) is 1.36. The van der Waals surface area contributed by atoms with Crippen molar-refractivity contribution in [2.75, 3.05) is 27.2 Å². The molecule has 0 aliphatic carbocycles. The third-order valence-electron chi connectivity index (χ3n) is 4.37. The number of ether oxygens (including phenoxy) is 1. The van der Waals surface area contributed by atoms with Crippen molar-refractivity contribution in [1.29, 1.82) is 0 Å². The van der Waals surface area contributed by atoms with Crippen LogP contribution in [-0.2, 0) is 6.42 Å². The van der Waals surface area contributed by atoms with E-state index < -0.39 is 0 Å². The molecule has 1 unspecified atom stereocenters. The normalized spacial score (nSPS) is 12.2. The summed E-state index contributed by atoms with van der Waals surface area (Å²) in [7, 11) is 3.35. The summed E-state index contributed by atoms with van der Waals surface area (Å²) in [6, 6.07) is 17.8. The Hall–Kier alpha value is -3.02. The Kier molecular flexibility index (Phi) is 8.85. The van der Waals surface area contributed by atoms with Gasteiger partial charge in [-0.2, -0.15) is 0 Å². The van der Waals surface area contributed by atoms with E-state index in [1.54, 1.807) is 38.4 Å². The molecule has 0 heterocycles. The average molecular weight is 383 g/mol. The van der Waals surface area contributed by atoms with Crippen LogP contribution >= 0.6 is 0 Å². The fourth-order valence-corrected chi connectivity index (χ4v) is 2.73. The minimum Gasteiger partial charge on any atom is -0.497 e. The second-order valence-corrected chi connectivity index (χ2v) is 6.55. The molecule has 2 rings (SSSR count). The highest BCUT2D eigenvalue weighted by Gasteiger charge is 2.07. The van der Waals surface area contributed by atoms with Crippen LogP contribution < -0.4 is 20.7 Å². The molecule has 0 aliphatic rings. The van der Waals surface area contributed by atoms with Gasteiger partial charge in [-0.25, -0.2) is 0 Å². The standard InChI is InChI=1S/C22H30N4O2/c1-17(9-10-18-7-5-4-6-8-18)26-22(23-2)25-16-15-24-21(27)19-11-13-20(28-3)14-12-19/h4-8,11-14,17H,9-10,15-16H2,1-3H3,(H,24,27)(H2,23,25,26). The quantitative estimate of drug-likeness (QED) is 0.354. The summed E-state index contributed by atoms with van der Waals surface area (Å²) >= 11 is 0. The van der Waals surface area contributed by atoms with Crippen molar-refractivity contribution >= 4 is 11.9 Å². The van der Waals surface area contributed by atoms with Gasteiger partial charge in [0.05, 0.1) is 7.11 Å². The van der Waals surface area contributed by atoms with Gasteiger partial charge in [0.2, 0.25) is 0 Å². The number of amides is 1. The fourth-order valence-electron chi connectivity index (χ4n) is 2.73. The summed E-state index contributed by atoms with van der Waals surface area (Å²) in [6.07, 6.45) is 2.03. The van der Waals surface area contributed by atoms with Crippen molar-refractivity contribution in [3.8, 4) is 5.75 Å². The molecule has 150 valence electrons. The molecule has 6 nitrogen and oxygen atoms in total. The molecule has 28 heavy (non-hydrogen) atoms. The van der Waals surface area contributed by atoms with Gasteiger partial charge < -0.3 is 20.7 Å². The number of guanidine groups is 1. The van der Waals surface area contributed by atoms with E-state index in [9.17, 15) is 4.79 Å². The Morgan fingerprint density at radius 3 is 2.36 bits per heavy atom. The number of carbonyl (C=O) groups is 1. The predicted octanol–water partition coefficient (Wildman–Crippen LogP) is 2.61. The number of nitrogens with one attached hydrogen (secondary N) is 3. The van der Waals surface area contributed by atoms with Crippen molar-refractivity contribution in [1.82, 2.24) is 16.0 Å². The van der Waals surface area contributed by atoms with E-state index in [-0.39, 0.29) is 5.91 Å². The molecule has 3 N–H and O–H groups in total. The zero-order valence-electron chi connectivity index (χ0n) is 16.9. The second kappa shape index (κ2) is 11.6. The zero-order chi connectivity index (χ0) is 20.2. The lowest BCUT2D eigenvalue weighted by Crippen LogP contribution is -2.45. The number of aryl methyl sites for hydroxylation is 1. The third-order valence-corrected chi connectivity index (χ3v) is 4.37. The van der Waals surface area contributed by atoms with E-state index in [1.807, 2.05) is 6.07 Å². The highest BCUT2D eigenvalue weighted by atomic mass is 16.5. The monoisotopic (exact) mass is 382 g/mol. The van der Waals surface area contributed by atoms with Gasteiger partial charge in [-0.3, -0.25) is 9.79 Å². The third kappa shape index (κ3) is 7.31. The molecule has 0 saturated carbocycles. The molecule has 0 radical (unpaired) electrons. The maximum atomic E-state index is 12.1. The number of hydrogen-bond donors (Lipinski definition) is 3. The van der Waals surface area contributed by atoms with Crippen LogP contribution in [0.2, 0.25) is 0 Å². The molecule has 2 aromatic rings. The highest BCUT2D eigenvalue weighted by molar-refractivity contribution is 5.94. The molecule has 0 aromatic heterocycles. The Bertz CT molecular complexity index is 745. The molecule has 0 saturated heterocycles. The molecule has 1 amide bonds. The predicted molar refractivity (Wildman–Crippen MR) is 114 cm³/mol. The molecule has 2 aromatic carbocycles. The first-order chi connectivity index (χ1) is 13.6. The first-order valence-electron chi connectivity index (χ1n) is 9.55. The van der Waals surface area contributed by atoms with Gasteiger partial charge in [-0.1, -0.05) is 30.3 Å². The molecule has 0 bridgehead atoms. The lowest BCUT2D eigenvalue weighted by Gasteiger charge is -2.18. The fraction of sp³-hybridized carbons (Fsp3) is 0.364. The molecular formula is C22H30N4O2. The van der Waals surface area contributed by atoms with Gasteiger partial charge in [-0.15, -0.1) is 0 Å². The van der Waals surface area contributed by atoms with E-state index in [1.165, 1.54) is 5.56 Å². The number of methoxy groups -OCH3 is 1. The number of rotatable bonds is 9. The highest BCUT2D eigenvalue weighted by Crippen LogP contribution is 2.10. The number of hydrogen-bond acceptors (Lipinski definition) is 3. The summed E-state index contributed by atoms with van der Waals surface area (Å²) < 4.78 is 5.10. The Labute approximate surface area is 167 Å². The molecular weight excluding hydrogens is 352 g/mol. The average Bonchev–Trinajstić information content (AvgIpc) is 2.75. The lowest BCUT2D eigenvalue weighted by atomic mass is 10.1. The first kappa shape index (κ1) is 21.3. The number of aliphatic imine (C=N–C) groups is 1. The van der Waals surface area contributed by atoms with Crippen LogP contribution in [0.15, 0.2) is 59.6 Å². The molecule has 6 heteroatoms. The maximum absolute atomic E-state index is 12.1. The van der Waals surface area contributed by atoms with Gasteiger partial charge in [-0.05, 0) is 49.6 Å². The van der Waals surface area contributed by atoms with E-state index in [4.69, 9.17) is 4.74 Å². The van der Waals surface area contributed by atoms with E-state index in [0.29, 0.717) is 24.7 Å². The number of nitrogens with zero attached hydrogens (tertiary/aromatic N) is 1. The van der Waals surface area contributed by atoms with Crippen LogP contribution in [0, 0.1) is 0 Å². The van der Waals surface area contributed by atoms with Gasteiger partial charge in [0.1, 0.15) is 5.75 Å². The maximum Gasteiger partial charge on any atom is 0.251 e. The largest absolute Gasteiger partial charge is 0.497 e. The van der Waals surface area contributed by atoms with Gasteiger partial charge in [0, 0.05) is 31.7 Å². The summed E-state index contributed by atoms with van der Waals surface area (Å²) in [5.41, 5.74) is 1.94. The summed E-state index contributed by atoms with van der Waals surface area (Å²) in [6.45, 7) is 3.23. The van der Waals surface area contributed by atoms with E-state index in [0.717, 1.165) is 24.6 Å². The van der Waals surface area contributed by atoms with Crippen LogP contribution in [0.25, 0.3) is 0 Å². The lowest BCUT2D eigenvalue weighted by molar-refractivity contribution is 0.0954. The van der Waals surface area contributed by atoms with Crippen molar-refractivity contribution in [2.45, 2.75) is 25.8 Å². The molecule has 0 fully saturated rings. The topological polar surface area (TPSA) is 74.8 Å². The van der Waals surface area contributed by atoms with Crippen molar-refractivity contribution < 1.29 is 9.53 Å². The SMILES string of the molecule is CN=C(NCCNC(=O)c1ccc(OC)cc1)NC(C)CCc1ccccc1. The second-order valence-electron chi connectivity index (χ2n) is 6.55. The van der Waals surface area contributed by atoms with E-state index >= 15 is 0 Å². The van der Waals surface area contributed by atoms with Crippen LogP contribution in [-0.4, -0.2) is 45.2 Å². The Morgan fingerprint density at radius 2 is 1.71 bits per heavy atom. The van der Waals surface area contributed by atoms with Crippen molar-refractivity contribution in [2.24, 2.45) is 4.99 Å². The van der Waals surface area contributed by atoms with Gasteiger partial charge in [0.25, 0.3) is 5.91 Å². The number of carbonyl (C=O) groups excluding carboxylic acids is 1. The van der Waals surface area contributed by atoms with Crippen LogP contribution in [0.5, 0.6) is 5.75 Å². The van der Waals surface area contributed by atoms with Crippen LogP contribution in [0.1, 0.15) is 29.3 Å². The Morgan fingerprint density at radius 1 is 1.04 bits per heavy atom. The van der Waals surface area contributed by atoms with Crippen molar-refractivity contribution in [3.05, 3.63) is 65.7 Å². The van der Waals surface area contributed by atoms with Crippen LogP contribution in [0.4, 0.5) is 0 Å². The number of benzene rings is 2. The summed E-state index contributed by atoms with van der Waals surface area (Å²) in [5, 5.41) is 9.50. The molecule has 0 aliphatic heterocycles. The van der Waals surface area contributed by atoms with E-state index in [2.05, 4.69) is 52.1 Å².